The molecule has 6 heteroatoms. The van der Waals surface area contributed by atoms with Gasteiger partial charge in [0.05, 0.1) is 11.0 Å². The summed E-state index contributed by atoms with van der Waals surface area (Å²) >= 11 is 0. The molecule has 158 valence electrons. The number of imidazole rings is 1. The molecule has 2 bridgehead atoms. The van der Waals surface area contributed by atoms with E-state index in [1.165, 1.54) is 76.4 Å². The summed E-state index contributed by atoms with van der Waals surface area (Å²) in [6, 6.07) is 9.77. The van der Waals surface area contributed by atoms with Gasteiger partial charge in [0.2, 0.25) is 0 Å². The Morgan fingerprint density at radius 3 is 2.37 bits per heavy atom. The third-order valence-corrected chi connectivity index (χ3v) is 7.96. The maximum Gasteiger partial charge on any atom is 0.191 e. The Hall–Kier alpha value is -2.21. The van der Waals surface area contributed by atoms with E-state index in [2.05, 4.69) is 48.9 Å². The first-order chi connectivity index (χ1) is 14.8. The molecule has 3 atom stereocenters. The summed E-state index contributed by atoms with van der Waals surface area (Å²) in [6.07, 6.45) is 14.2. The minimum atomic E-state index is 0.472. The maximum absolute atomic E-state index is 4.90. The Morgan fingerprint density at radius 2 is 1.63 bits per heavy atom. The molecule has 2 aliphatic carbocycles. The van der Waals surface area contributed by atoms with Crippen LogP contribution in [0.1, 0.15) is 63.8 Å². The first-order valence-electron chi connectivity index (χ1n) is 11.9. The Labute approximate surface area is 178 Å². The minimum Gasteiger partial charge on any atom is -0.318 e. The Morgan fingerprint density at radius 1 is 0.867 bits per heavy atom. The number of aromatic amines is 1. The fourth-order valence-corrected chi connectivity index (χ4v) is 6.57. The summed E-state index contributed by atoms with van der Waals surface area (Å²) in [4.78, 5) is 12.1. The van der Waals surface area contributed by atoms with Gasteiger partial charge in [-0.1, -0.05) is 37.8 Å². The Bertz CT molecular complexity index is 970. The average Bonchev–Trinajstić information content (AvgIpc) is 3.41. The second kappa shape index (κ2) is 7.80. The average molecular weight is 405 g/mol. The van der Waals surface area contributed by atoms with Gasteiger partial charge < -0.3 is 9.47 Å². The summed E-state index contributed by atoms with van der Waals surface area (Å²) < 4.78 is 2.42. The van der Waals surface area contributed by atoms with Crippen molar-refractivity contribution in [3.63, 3.8) is 0 Å². The number of piperidine rings is 1. The predicted molar refractivity (Wildman–Crippen MR) is 118 cm³/mol. The lowest BCUT2D eigenvalue weighted by Gasteiger charge is -2.43. The number of nitrogens with zero attached hydrogens (tertiary/aromatic N) is 5. The van der Waals surface area contributed by atoms with Crippen LogP contribution in [0.25, 0.3) is 22.7 Å². The van der Waals surface area contributed by atoms with Crippen molar-refractivity contribution < 1.29 is 0 Å². The van der Waals surface area contributed by atoms with Gasteiger partial charge in [-0.15, -0.1) is 0 Å². The predicted octanol–water partition coefficient (Wildman–Crippen LogP) is 4.82. The number of H-pyrrole nitrogens is 1. The van der Waals surface area contributed by atoms with Gasteiger partial charge in [0.15, 0.2) is 11.6 Å². The summed E-state index contributed by atoms with van der Waals surface area (Å²) in [6.45, 7) is 2.41. The van der Waals surface area contributed by atoms with E-state index in [9.17, 15) is 0 Å². The summed E-state index contributed by atoms with van der Waals surface area (Å²) in [5.41, 5.74) is 2.26. The zero-order valence-corrected chi connectivity index (χ0v) is 17.7. The van der Waals surface area contributed by atoms with Crippen LogP contribution in [-0.2, 0) is 0 Å². The Balaban J connectivity index is 1.23. The molecule has 1 aromatic carbocycles. The molecule has 3 aliphatic rings. The van der Waals surface area contributed by atoms with Crippen LogP contribution in [0.3, 0.4) is 0 Å². The molecule has 0 amide bonds. The zero-order valence-electron chi connectivity index (χ0n) is 17.7. The third-order valence-electron chi connectivity index (χ3n) is 7.96. The van der Waals surface area contributed by atoms with Crippen LogP contribution in [0.15, 0.2) is 30.6 Å². The van der Waals surface area contributed by atoms with E-state index in [0.29, 0.717) is 6.04 Å². The van der Waals surface area contributed by atoms with Crippen LogP contribution in [0, 0.1) is 11.8 Å². The Kier molecular flexibility index (Phi) is 4.82. The molecule has 2 saturated carbocycles. The molecule has 2 aromatic heterocycles. The quantitative estimate of drug-likeness (QED) is 0.680. The summed E-state index contributed by atoms with van der Waals surface area (Å²) in [5.74, 6) is 3.68. The van der Waals surface area contributed by atoms with E-state index >= 15 is 0 Å². The van der Waals surface area contributed by atoms with Gasteiger partial charge in [-0.25, -0.2) is 9.97 Å². The third kappa shape index (κ3) is 3.35. The number of rotatable bonds is 3. The normalized spacial score (nSPS) is 28.6. The van der Waals surface area contributed by atoms with Crippen molar-refractivity contribution >= 4 is 11.0 Å². The molecule has 6 nitrogen and oxygen atoms in total. The molecule has 3 aromatic rings. The molecule has 3 fully saturated rings. The van der Waals surface area contributed by atoms with E-state index in [1.54, 1.807) is 6.33 Å². The number of fused-ring (bicyclic) bond motifs is 3. The number of aromatic nitrogens is 5. The van der Waals surface area contributed by atoms with Gasteiger partial charge in [0.1, 0.15) is 6.33 Å². The molecule has 1 N–H and O–H groups in total. The molecule has 1 aliphatic heterocycles. The highest BCUT2D eigenvalue weighted by molar-refractivity contribution is 5.79. The molecular formula is C24H32N6. The number of nitrogens with one attached hydrogen (secondary N) is 1. The van der Waals surface area contributed by atoms with E-state index in [4.69, 9.17) is 4.98 Å². The highest BCUT2D eigenvalue weighted by atomic mass is 15.2. The molecule has 30 heavy (non-hydrogen) atoms. The van der Waals surface area contributed by atoms with E-state index in [0.717, 1.165) is 35.0 Å². The van der Waals surface area contributed by atoms with Crippen LogP contribution in [0.5, 0.6) is 0 Å². The largest absolute Gasteiger partial charge is 0.318 e. The van der Waals surface area contributed by atoms with Gasteiger partial charge in [-0.05, 0) is 56.1 Å². The molecular weight excluding hydrogens is 372 g/mol. The van der Waals surface area contributed by atoms with E-state index < -0.39 is 0 Å². The zero-order chi connectivity index (χ0) is 19.9. The van der Waals surface area contributed by atoms with Gasteiger partial charge in [-0.3, -0.25) is 5.10 Å². The lowest BCUT2D eigenvalue weighted by atomic mass is 9.77. The van der Waals surface area contributed by atoms with Crippen molar-refractivity contribution in [2.24, 2.45) is 11.8 Å². The van der Waals surface area contributed by atoms with Crippen LogP contribution >= 0.6 is 0 Å². The monoisotopic (exact) mass is 404 g/mol. The molecule has 1 unspecified atom stereocenters. The molecule has 1 saturated heterocycles. The van der Waals surface area contributed by atoms with Crippen molar-refractivity contribution in [1.82, 2.24) is 29.6 Å². The van der Waals surface area contributed by atoms with E-state index in [-0.39, 0.29) is 0 Å². The fourth-order valence-electron chi connectivity index (χ4n) is 6.57. The van der Waals surface area contributed by atoms with Crippen molar-refractivity contribution in [2.75, 3.05) is 13.1 Å². The number of likely N-dealkylation sites (tertiary alicyclic amines) is 1. The minimum absolute atomic E-state index is 0.472. The number of hydrogen-bond acceptors (Lipinski definition) is 4. The van der Waals surface area contributed by atoms with Crippen molar-refractivity contribution in [2.45, 2.75) is 69.9 Å². The van der Waals surface area contributed by atoms with E-state index in [1.807, 2.05) is 0 Å². The number of benzene rings is 1. The molecule has 6 rings (SSSR count). The smallest absolute Gasteiger partial charge is 0.191 e. The SMILES string of the molecule is c1ccc2c(c1)nc(-c1ncn[nH]1)n2C1CCN(C2C[C@H]3CCCC[C@@H](C2)C3)CC1. The van der Waals surface area contributed by atoms with Crippen LogP contribution in [0.2, 0.25) is 0 Å². The molecule has 3 heterocycles. The van der Waals surface area contributed by atoms with Gasteiger partial charge in [0, 0.05) is 25.2 Å². The van der Waals surface area contributed by atoms with Gasteiger partial charge >= 0.3 is 0 Å². The lowest BCUT2D eigenvalue weighted by molar-refractivity contribution is 0.0719. The first-order valence-corrected chi connectivity index (χ1v) is 11.9. The van der Waals surface area contributed by atoms with Crippen molar-refractivity contribution in [1.29, 1.82) is 0 Å². The highest BCUT2D eigenvalue weighted by Crippen LogP contribution is 2.41. The van der Waals surface area contributed by atoms with Crippen molar-refractivity contribution in [3.8, 4) is 11.6 Å². The van der Waals surface area contributed by atoms with Crippen LogP contribution < -0.4 is 0 Å². The highest BCUT2D eigenvalue weighted by Gasteiger charge is 2.35. The topological polar surface area (TPSA) is 62.6 Å². The fraction of sp³-hybridized carbons (Fsp3) is 0.625. The van der Waals surface area contributed by atoms with Crippen LogP contribution in [0.4, 0.5) is 0 Å². The number of hydrogen-bond donors (Lipinski definition) is 1. The second-order valence-corrected chi connectivity index (χ2v) is 9.77. The van der Waals surface area contributed by atoms with Crippen molar-refractivity contribution in [3.05, 3.63) is 30.6 Å². The molecule has 0 spiro atoms. The van der Waals surface area contributed by atoms with Crippen LogP contribution in [-0.4, -0.2) is 48.8 Å². The number of para-hydroxylation sites is 2. The second-order valence-electron chi connectivity index (χ2n) is 9.77. The summed E-state index contributed by atoms with van der Waals surface area (Å²) in [5, 5.41) is 7.09. The molecule has 0 radical (unpaired) electrons. The lowest BCUT2D eigenvalue weighted by Crippen LogP contribution is -2.45. The van der Waals surface area contributed by atoms with Gasteiger partial charge in [0.25, 0.3) is 0 Å². The standard InChI is InChI=1S/C24H32N6/c1-2-6-18-13-17(5-1)14-20(15-18)29-11-9-19(10-12-29)30-22-8-4-3-7-21(22)27-24(30)23-25-16-26-28-23/h3-4,7-8,16-20H,1-2,5-6,9-15H2,(H,25,26,28)/t17-,18+,20?. The first kappa shape index (κ1) is 18.6. The summed E-state index contributed by atoms with van der Waals surface area (Å²) in [7, 11) is 0. The maximum atomic E-state index is 4.90. The van der Waals surface area contributed by atoms with Gasteiger partial charge in [-0.2, -0.15) is 5.10 Å².